The van der Waals surface area contributed by atoms with E-state index in [1.807, 2.05) is 7.05 Å². The fourth-order valence-electron chi connectivity index (χ4n) is 1.93. The monoisotopic (exact) mass is 155 g/mol. The molecule has 2 aliphatic rings. The Balaban J connectivity index is 1.75. The van der Waals surface area contributed by atoms with Gasteiger partial charge in [-0.15, -0.1) is 0 Å². The number of hydrogen-bond donors (Lipinski definition) is 2. The van der Waals surface area contributed by atoms with Crippen LogP contribution in [-0.2, 0) is 0 Å². The molecule has 1 aliphatic heterocycles. The van der Waals surface area contributed by atoms with Crippen LogP contribution in [0.4, 0.5) is 0 Å². The molecule has 3 heteroatoms. The van der Waals surface area contributed by atoms with Crippen LogP contribution in [0.3, 0.4) is 0 Å². The molecule has 1 saturated carbocycles. The molecule has 0 aromatic carbocycles. The zero-order valence-corrected chi connectivity index (χ0v) is 7.19. The van der Waals surface area contributed by atoms with E-state index in [4.69, 9.17) is 0 Å². The molecule has 0 aromatic rings. The summed E-state index contributed by atoms with van der Waals surface area (Å²) in [5.74, 6) is 0. The van der Waals surface area contributed by atoms with Crippen molar-refractivity contribution >= 4 is 0 Å². The normalized spacial score (nSPS) is 29.2. The molecular weight excluding hydrogens is 138 g/mol. The lowest BCUT2D eigenvalue weighted by Crippen LogP contribution is -2.49. The molecule has 1 spiro atoms. The summed E-state index contributed by atoms with van der Waals surface area (Å²) < 4.78 is 0. The Morgan fingerprint density at radius 3 is 2.18 bits per heavy atom. The molecule has 0 amide bonds. The fourth-order valence-corrected chi connectivity index (χ4v) is 1.93. The van der Waals surface area contributed by atoms with Crippen molar-refractivity contribution in [3.63, 3.8) is 0 Å². The van der Waals surface area contributed by atoms with Crippen molar-refractivity contribution in [2.24, 2.45) is 5.41 Å². The third-order valence-corrected chi connectivity index (χ3v) is 3.05. The maximum Gasteiger partial charge on any atom is 0.0149 e. The molecule has 0 bridgehead atoms. The van der Waals surface area contributed by atoms with Crippen molar-refractivity contribution in [1.29, 1.82) is 0 Å². The standard InChI is InChI=1S/C8H17N3/c1-9-10-11-6-4-8(2-3-8)5-7-11/h9-10H,2-7H2,1H3. The van der Waals surface area contributed by atoms with Crippen LogP contribution in [0.5, 0.6) is 0 Å². The minimum Gasteiger partial charge on any atom is -0.247 e. The van der Waals surface area contributed by atoms with Crippen LogP contribution < -0.4 is 11.0 Å². The molecule has 1 heterocycles. The van der Waals surface area contributed by atoms with Gasteiger partial charge in [-0.2, -0.15) is 5.53 Å². The van der Waals surface area contributed by atoms with Gasteiger partial charge in [0.25, 0.3) is 0 Å². The molecule has 64 valence electrons. The van der Waals surface area contributed by atoms with E-state index >= 15 is 0 Å². The molecule has 0 aromatic heterocycles. The average Bonchev–Trinajstić information content (AvgIpc) is 2.76. The SMILES string of the molecule is CNNN1CCC2(CC1)CC2. The van der Waals surface area contributed by atoms with E-state index < -0.39 is 0 Å². The van der Waals surface area contributed by atoms with Gasteiger partial charge in [-0.05, 0) is 38.1 Å². The van der Waals surface area contributed by atoms with Crippen molar-refractivity contribution < 1.29 is 0 Å². The maximum absolute atomic E-state index is 3.13. The first-order valence-corrected chi connectivity index (χ1v) is 4.52. The number of hydrogen-bond acceptors (Lipinski definition) is 3. The van der Waals surface area contributed by atoms with Gasteiger partial charge in [0, 0.05) is 13.1 Å². The zero-order chi connectivity index (χ0) is 7.73. The van der Waals surface area contributed by atoms with Crippen LogP contribution in [-0.4, -0.2) is 25.1 Å². The summed E-state index contributed by atoms with van der Waals surface area (Å²) >= 11 is 0. The summed E-state index contributed by atoms with van der Waals surface area (Å²) in [7, 11) is 1.92. The van der Waals surface area contributed by atoms with Crippen molar-refractivity contribution in [3.05, 3.63) is 0 Å². The third kappa shape index (κ3) is 1.55. The predicted molar refractivity (Wildman–Crippen MR) is 44.7 cm³/mol. The first-order valence-electron chi connectivity index (χ1n) is 4.52. The van der Waals surface area contributed by atoms with Crippen LogP contribution in [0.15, 0.2) is 0 Å². The van der Waals surface area contributed by atoms with E-state index in [0.717, 1.165) is 5.41 Å². The van der Waals surface area contributed by atoms with Crippen LogP contribution in [0.1, 0.15) is 25.7 Å². The Hall–Kier alpha value is -0.120. The van der Waals surface area contributed by atoms with Crippen LogP contribution in [0, 0.1) is 5.41 Å². The molecule has 0 atom stereocenters. The van der Waals surface area contributed by atoms with Crippen molar-refractivity contribution in [3.8, 4) is 0 Å². The topological polar surface area (TPSA) is 27.3 Å². The van der Waals surface area contributed by atoms with Crippen molar-refractivity contribution in [2.75, 3.05) is 20.1 Å². The Morgan fingerprint density at radius 2 is 1.73 bits per heavy atom. The number of hydrazine groups is 2. The Labute approximate surface area is 68.1 Å². The average molecular weight is 155 g/mol. The number of rotatable bonds is 2. The summed E-state index contributed by atoms with van der Waals surface area (Å²) in [5, 5.41) is 2.27. The van der Waals surface area contributed by atoms with E-state index in [1.54, 1.807) is 0 Å². The second-order valence-corrected chi connectivity index (χ2v) is 3.85. The molecule has 1 saturated heterocycles. The Kier molecular flexibility index (Phi) is 1.87. The lowest BCUT2D eigenvalue weighted by atomic mass is 9.95. The quantitative estimate of drug-likeness (QED) is 0.569. The maximum atomic E-state index is 3.13. The smallest absolute Gasteiger partial charge is 0.0149 e. The van der Waals surface area contributed by atoms with Crippen LogP contribution >= 0.6 is 0 Å². The molecular formula is C8H17N3. The zero-order valence-electron chi connectivity index (χ0n) is 7.19. The lowest BCUT2D eigenvalue weighted by molar-refractivity contribution is 0.0970. The highest BCUT2D eigenvalue weighted by Gasteiger charge is 2.44. The van der Waals surface area contributed by atoms with Crippen molar-refractivity contribution in [2.45, 2.75) is 25.7 Å². The second-order valence-electron chi connectivity index (χ2n) is 3.85. The minimum absolute atomic E-state index is 0.798. The lowest BCUT2D eigenvalue weighted by Gasteiger charge is -2.31. The molecule has 3 nitrogen and oxygen atoms in total. The first-order chi connectivity index (χ1) is 5.35. The van der Waals surface area contributed by atoms with Gasteiger partial charge in [0.2, 0.25) is 0 Å². The molecule has 2 fully saturated rings. The summed E-state index contributed by atoms with van der Waals surface area (Å²) in [6.45, 7) is 2.42. The molecule has 2 N–H and O–H groups in total. The van der Waals surface area contributed by atoms with Crippen molar-refractivity contribution in [1.82, 2.24) is 16.0 Å². The second kappa shape index (κ2) is 2.73. The summed E-state index contributed by atoms with van der Waals surface area (Å²) in [6, 6.07) is 0. The van der Waals surface area contributed by atoms with Gasteiger partial charge in [0.1, 0.15) is 0 Å². The van der Waals surface area contributed by atoms with Gasteiger partial charge in [-0.25, -0.2) is 10.4 Å². The highest BCUT2D eigenvalue weighted by molar-refractivity contribution is 4.96. The summed E-state index contributed by atoms with van der Waals surface area (Å²) in [5.41, 5.74) is 6.89. The van der Waals surface area contributed by atoms with Gasteiger partial charge >= 0.3 is 0 Å². The Bertz CT molecular complexity index is 132. The largest absolute Gasteiger partial charge is 0.247 e. The molecule has 0 unspecified atom stereocenters. The van der Waals surface area contributed by atoms with Gasteiger partial charge in [-0.3, -0.25) is 0 Å². The Morgan fingerprint density at radius 1 is 1.09 bits per heavy atom. The van der Waals surface area contributed by atoms with E-state index in [1.165, 1.54) is 38.8 Å². The molecule has 1 aliphatic carbocycles. The van der Waals surface area contributed by atoms with Crippen LogP contribution in [0.25, 0.3) is 0 Å². The minimum atomic E-state index is 0.798. The van der Waals surface area contributed by atoms with Gasteiger partial charge in [0.05, 0.1) is 0 Å². The fraction of sp³-hybridized carbons (Fsp3) is 1.00. The molecule has 0 radical (unpaired) electrons. The number of piperidine rings is 1. The highest BCUT2D eigenvalue weighted by atomic mass is 15.7. The highest BCUT2D eigenvalue weighted by Crippen LogP contribution is 2.53. The van der Waals surface area contributed by atoms with Crippen LogP contribution in [0.2, 0.25) is 0 Å². The van der Waals surface area contributed by atoms with E-state index in [9.17, 15) is 0 Å². The van der Waals surface area contributed by atoms with Gasteiger partial charge in [0.15, 0.2) is 0 Å². The molecule has 11 heavy (non-hydrogen) atoms. The number of nitrogens with zero attached hydrogens (tertiary/aromatic N) is 1. The number of nitrogens with one attached hydrogen (secondary N) is 2. The third-order valence-electron chi connectivity index (χ3n) is 3.05. The summed E-state index contributed by atoms with van der Waals surface area (Å²) in [4.78, 5) is 0. The molecule has 2 rings (SSSR count). The van der Waals surface area contributed by atoms with Gasteiger partial charge < -0.3 is 0 Å². The summed E-state index contributed by atoms with van der Waals surface area (Å²) in [6.07, 6.45) is 5.75. The van der Waals surface area contributed by atoms with Gasteiger partial charge in [-0.1, -0.05) is 0 Å². The van der Waals surface area contributed by atoms with E-state index in [0.29, 0.717) is 0 Å². The van der Waals surface area contributed by atoms with E-state index in [2.05, 4.69) is 16.0 Å². The van der Waals surface area contributed by atoms with E-state index in [-0.39, 0.29) is 0 Å². The predicted octanol–water partition coefficient (Wildman–Crippen LogP) is 0.501. The first kappa shape index (κ1) is 7.53.